The molecule has 0 spiro atoms. The third kappa shape index (κ3) is 3.31. The van der Waals surface area contributed by atoms with Gasteiger partial charge in [-0.3, -0.25) is 0 Å². The first-order valence-electron chi connectivity index (χ1n) is 4.71. The zero-order valence-electron chi connectivity index (χ0n) is 8.48. The van der Waals surface area contributed by atoms with Crippen molar-refractivity contribution >= 4 is 5.71 Å². The second-order valence-electron chi connectivity index (χ2n) is 3.53. The summed E-state index contributed by atoms with van der Waals surface area (Å²) in [6.07, 6.45) is 1.54. The number of aromatic hydroxyl groups is 1. The van der Waals surface area contributed by atoms with E-state index in [9.17, 15) is 13.9 Å². The quantitative estimate of drug-likeness (QED) is 0.738. The Kier molecular flexibility index (Phi) is 3.77. The summed E-state index contributed by atoms with van der Waals surface area (Å²) in [5.74, 6) is -2.11. The second kappa shape index (κ2) is 4.87. The van der Waals surface area contributed by atoms with Gasteiger partial charge in [-0.05, 0) is 37.8 Å². The minimum atomic E-state index is -0.934. The van der Waals surface area contributed by atoms with Crippen LogP contribution in [0.3, 0.4) is 0 Å². The van der Waals surface area contributed by atoms with Gasteiger partial charge in [0.15, 0.2) is 11.6 Å². The number of phenols is 1. The fraction of sp³-hybridized carbons (Fsp3) is 0.364. The molecule has 2 nitrogen and oxygen atoms in total. The number of benzene rings is 1. The number of phenolic OH excluding ortho intramolecular Hbond substituents is 1. The number of halogens is 2. The van der Waals surface area contributed by atoms with Crippen molar-refractivity contribution in [3.8, 4) is 5.75 Å². The molecule has 0 bridgehead atoms. The maximum absolute atomic E-state index is 12.9. The molecule has 0 unspecified atom stereocenters. The van der Waals surface area contributed by atoms with E-state index in [0.29, 0.717) is 31.0 Å². The minimum absolute atomic E-state index is 0.258. The van der Waals surface area contributed by atoms with E-state index < -0.39 is 17.4 Å². The molecule has 0 fully saturated rings. The van der Waals surface area contributed by atoms with Crippen LogP contribution in [0, 0.1) is 17.0 Å². The fourth-order valence-electron chi connectivity index (χ4n) is 1.35. The van der Waals surface area contributed by atoms with Gasteiger partial charge in [0, 0.05) is 11.8 Å². The van der Waals surface area contributed by atoms with Gasteiger partial charge in [0.05, 0.1) is 0 Å². The Bertz CT molecular complexity index is 377. The zero-order valence-corrected chi connectivity index (χ0v) is 8.48. The molecule has 0 atom stereocenters. The van der Waals surface area contributed by atoms with Crippen molar-refractivity contribution in [1.82, 2.24) is 0 Å². The summed E-state index contributed by atoms with van der Waals surface area (Å²) < 4.78 is 25.7. The minimum Gasteiger partial charge on any atom is -0.505 e. The molecular weight excluding hydrogens is 198 g/mol. The van der Waals surface area contributed by atoms with Crippen molar-refractivity contribution in [3.05, 3.63) is 29.3 Å². The van der Waals surface area contributed by atoms with Crippen molar-refractivity contribution in [1.29, 1.82) is 5.41 Å². The van der Waals surface area contributed by atoms with Crippen LogP contribution in [0.2, 0.25) is 0 Å². The molecule has 0 heterocycles. The van der Waals surface area contributed by atoms with Gasteiger partial charge in [0.25, 0.3) is 0 Å². The van der Waals surface area contributed by atoms with Crippen LogP contribution in [0.1, 0.15) is 25.3 Å². The van der Waals surface area contributed by atoms with Gasteiger partial charge in [-0.15, -0.1) is 0 Å². The molecule has 2 N–H and O–H groups in total. The highest BCUT2D eigenvalue weighted by molar-refractivity contribution is 5.78. The smallest absolute Gasteiger partial charge is 0.168 e. The second-order valence-corrected chi connectivity index (χ2v) is 3.53. The highest BCUT2D eigenvalue weighted by atomic mass is 18.2. The monoisotopic (exact) mass is 211 g/mol. The summed E-state index contributed by atoms with van der Waals surface area (Å²) in [5, 5.41) is 16.5. The molecule has 1 aromatic carbocycles. The van der Waals surface area contributed by atoms with E-state index in [0.717, 1.165) is 6.07 Å². The standard InChI is InChI=1S/C11H13F2NO/c1-7(14)3-2-4-8-5-9(12)6-10(13)11(8)15/h5-6,14-15H,2-4H2,1H3/i12-1,13-1. The molecule has 0 saturated heterocycles. The Morgan fingerprint density at radius 3 is 2.67 bits per heavy atom. The maximum atomic E-state index is 12.9. The Morgan fingerprint density at radius 2 is 2.07 bits per heavy atom. The SMILES string of the molecule is CC(=N)CCCc1cc([18F])cc([18F])c1O. The van der Waals surface area contributed by atoms with E-state index in [1.807, 2.05) is 0 Å². The van der Waals surface area contributed by atoms with Gasteiger partial charge in [-0.1, -0.05) is 0 Å². The largest absolute Gasteiger partial charge is 0.505 e. The normalized spacial score (nSPS) is 10.3. The van der Waals surface area contributed by atoms with E-state index >= 15 is 0 Å². The van der Waals surface area contributed by atoms with Crippen LogP contribution < -0.4 is 0 Å². The lowest BCUT2D eigenvalue weighted by atomic mass is 10.1. The van der Waals surface area contributed by atoms with E-state index in [4.69, 9.17) is 5.41 Å². The molecule has 0 radical (unpaired) electrons. The topological polar surface area (TPSA) is 44.1 Å². The molecular formula is C11H13F2NO. The molecule has 0 saturated carbocycles. The van der Waals surface area contributed by atoms with Crippen LogP contribution in [-0.4, -0.2) is 10.8 Å². The Hall–Kier alpha value is -1.45. The lowest BCUT2D eigenvalue weighted by molar-refractivity contribution is 0.420. The zero-order chi connectivity index (χ0) is 11.4. The molecule has 1 rings (SSSR count). The van der Waals surface area contributed by atoms with Crippen LogP contribution in [-0.2, 0) is 6.42 Å². The lowest BCUT2D eigenvalue weighted by Gasteiger charge is -2.05. The summed E-state index contributed by atoms with van der Waals surface area (Å²) in [5.41, 5.74) is 0.778. The van der Waals surface area contributed by atoms with Gasteiger partial charge < -0.3 is 10.5 Å². The molecule has 15 heavy (non-hydrogen) atoms. The van der Waals surface area contributed by atoms with Crippen molar-refractivity contribution in [2.75, 3.05) is 0 Å². The summed E-state index contributed by atoms with van der Waals surface area (Å²) >= 11 is 0. The number of rotatable bonds is 4. The predicted octanol–water partition coefficient (Wildman–Crippen LogP) is 3.03. The number of aryl methyl sites for hydroxylation is 1. The first-order chi connectivity index (χ1) is 7.00. The first-order valence-corrected chi connectivity index (χ1v) is 4.71. The van der Waals surface area contributed by atoms with Crippen molar-refractivity contribution in [2.45, 2.75) is 26.2 Å². The molecule has 0 aliphatic carbocycles. The fourth-order valence-corrected chi connectivity index (χ4v) is 1.35. The van der Waals surface area contributed by atoms with Gasteiger partial charge in [0.2, 0.25) is 0 Å². The average molecular weight is 211 g/mol. The van der Waals surface area contributed by atoms with Crippen LogP contribution in [0.15, 0.2) is 12.1 Å². The first kappa shape index (κ1) is 11.6. The van der Waals surface area contributed by atoms with E-state index in [2.05, 4.69) is 0 Å². The van der Waals surface area contributed by atoms with Crippen LogP contribution >= 0.6 is 0 Å². The Morgan fingerprint density at radius 1 is 1.40 bits per heavy atom. The van der Waals surface area contributed by atoms with E-state index in [1.165, 1.54) is 0 Å². The molecule has 0 aliphatic rings. The van der Waals surface area contributed by atoms with Crippen molar-refractivity contribution in [3.63, 3.8) is 0 Å². The average Bonchev–Trinajstić information content (AvgIpc) is 2.12. The van der Waals surface area contributed by atoms with Crippen LogP contribution in [0.4, 0.5) is 8.78 Å². The maximum Gasteiger partial charge on any atom is 0.168 e. The third-order valence-corrected chi connectivity index (χ3v) is 2.11. The van der Waals surface area contributed by atoms with Gasteiger partial charge in [-0.25, -0.2) is 8.78 Å². The summed E-state index contributed by atoms with van der Waals surface area (Å²) in [6.45, 7) is 1.67. The van der Waals surface area contributed by atoms with Crippen molar-refractivity contribution in [2.24, 2.45) is 0 Å². The molecule has 0 amide bonds. The third-order valence-electron chi connectivity index (χ3n) is 2.11. The molecule has 4 heteroatoms. The van der Waals surface area contributed by atoms with E-state index in [-0.39, 0.29) is 5.56 Å². The lowest BCUT2D eigenvalue weighted by Crippen LogP contribution is -1.94. The number of hydrogen-bond acceptors (Lipinski definition) is 2. The molecule has 0 aliphatic heterocycles. The van der Waals surface area contributed by atoms with Crippen LogP contribution in [0.25, 0.3) is 0 Å². The van der Waals surface area contributed by atoms with Crippen molar-refractivity contribution < 1.29 is 13.9 Å². The summed E-state index contributed by atoms with van der Waals surface area (Å²) in [6, 6.07) is 1.78. The highest BCUT2D eigenvalue weighted by Crippen LogP contribution is 2.24. The number of hydrogen-bond donors (Lipinski definition) is 2. The predicted molar refractivity (Wildman–Crippen MR) is 54.4 cm³/mol. The molecule has 0 aromatic heterocycles. The molecule has 82 valence electrons. The summed E-state index contributed by atoms with van der Waals surface area (Å²) in [7, 11) is 0. The number of nitrogens with one attached hydrogen (secondary N) is 1. The van der Waals surface area contributed by atoms with Crippen LogP contribution in [0.5, 0.6) is 5.75 Å². The van der Waals surface area contributed by atoms with Gasteiger partial charge >= 0.3 is 0 Å². The Balaban J connectivity index is 2.72. The summed E-state index contributed by atoms with van der Waals surface area (Å²) in [4.78, 5) is 0. The van der Waals surface area contributed by atoms with Gasteiger partial charge in [-0.2, -0.15) is 0 Å². The van der Waals surface area contributed by atoms with Gasteiger partial charge in [0.1, 0.15) is 5.82 Å². The van der Waals surface area contributed by atoms with E-state index in [1.54, 1.807) is 6.92 Å². The highest BCUT2D eigenvalue weighted by Gasteiger charge is 2.09. The molecule has 1 aromatic rings. The Labute approximate surface area is 87.1 Å².